The smallest absolute Gasteiger partial charge is 0.331 e. The normalized spacial score (nSPS) is 23.2. The third kappa shape index (κ3) is 4.04. The predicted molar refractivity (Wildman–Crippen MR) is 59.2 cm³/mol. The molecule has 0 saturated carbocycles. The molecule has 1 aliphatic carbocycles. The van der Waals surface area contributed by atoms with E-state index < -0.39 is 11.9 Å². The molecular weight excluding hydrogens is 208 g/mol. The average molecular weight is 226 g/mol. The number of carboxylic acid groups (broad SMARTS) is 2. The molecule has 2 N–H and O–H groups in total. The van der Waals surface area contributed by atoms with E-state index in [0.717, 1.165) is 19.3 Å². The van der Waals surface area contributed by atoms with Crippen LogP contribution in [0.2, 0.25) is 0 Å². The second-order valence-corrected chi connectivity index (χ2v) is 4.25. The fourth-order valence-corrected chi connectivity index (χ4v) is 2.03. The Bertz CT molecular complexity index is 293. The zero-order chi connectivity index (χ0) is 12.0. The van der Waals surface area contributed by atoms with Gasteiger partial charge in [-0.05, 0) is 32.1 Å². The molecule has 0 spiro atoms. The molecule has 1 unspecified atom stereocenters. The molecule has 0 radical (unpaired) electrons. The minimum absolute atomic E-state index is 0.315. The van der Waals surface area contributed by atoms with Gasteiger partial charge < -0.3 is 10.2 Å². The van der Waals surface area contributed by atoms with Crippen LogP contribution in [0.1, 0.15) is 44.9 Å². The Kier molecular flexibility index (Phi) is 5.02. The van der Waals surface area contributed by atoms with Gasteiger partial charge in [0.15, 0.2) is 0 Å². The highest BCUT2D eigenvalue weighted by atomic mass is 16.4. The average Bonchev–Trinajstić information content (AvgIpc) is 2.24. The van der Waals surface area contributed by atoms with Crippen molar-refractivity contribution < 1.29 is 19.8 Å². The fraction of sp³-hybridized carbons (Fsp3) is 0.667. The second-order valence-electron chi connectivity index (χ2n) is 4.25. The van der Waals surface area contributed by atoms with Crippen molar-refractivity contribution in [2.75, 3.05) is 0 Å². The van der Waals surface area contributed by atoms with E-state index in [9.17, 15) is 9.59 Å². The largest absolute Gasteiger partial charge is 0.481 e. The first-order valence-corrected chi connectivity index (χ1v) is 5.76. The summed E-state index contributed by atoms with van der Waals surface area (Å²) >= 11 is 0. The van der Waals surface area contributed by atoms with Crippen molar-refractivity contribution in [3.63, 3.8) is 0 Å². The lowest BCUT2D eigenvalue weighted by Gasteiger charge is -2.13. The van der Waals surface area contributed by atoms with Crippen molar-refractivity contribution in [2.24, 2.45) is 5.92 Å². The molecule has 0 aromatic rings. The molecule has 0 heterocycles. The summed E-state index contributed by atoms with van der Waals surface area (Å²) in [6.07, 6.45) is 6.73. The van der Waals surface area contributed by atoms with Crippen molar-refractivity contribution in [1.82, 2.24) is 0 Å². The van der Waals surface area contributed by atoms with Gasteiger partial charge in [-0.3, -0.25) is 4.79 Å². The molecule has 0 aromatic heterocycles. The number of aliphatic carboxylic acids is 2. The third-order valence-corrected chi connectivity index (χ3v) is 3.03. The first kappa shape index (κ1) is 12.7. The Morgan fingerprint density at radius 1 is 1.12 bits per heavy atom. The van der Waals surface area contributed by atoms with E-state index in [1.165, 1.54) is 0 Å². The van der Waals surface area contributed by atoms with Gasteiger partial charge in [0.25, 0.3) is 0 Å². The number of carboxylic acids is 2. The lowest BCUT2D eigenvalue weighted by molar-refractivity contribution is -0.142. The summed E-state index contributed by atoms with van der Waals surface area (Å²) in [5, 5.41) is 17.9. The van der Waals surface area contributed by atoms with Crippen LogP contribution in [0.4, 0.5) is 0 Å². The Balaban J connectivity index is 2.63. The molecule has 0 bridgehead atoms. The van der Waals surface area contributed by atoms with Gasteiger partial charge in [-0.1, -0.05) is 18.9 Å². The number of carbonyl (C=O) groups is 2. The van der Waals surface area contributed by atoms with Gasteiger partial charge in [-0.15, -0.1) is 0 Å². The van der Waals surface area contributed by atoms with Crippen molar-refractivity contribution in [1.29, 1.82) is 0 Å². The summed E-state index contributed by atoms with van der Waals surface area (Å²) in [6, 6.07) is 0. The van der Waals surface area contributed by atoms with Gasteiger partial charge in [-0.2, -0.15) is 0 Å². The third-order valence-electron chi connectivity index (χ3n) is 3.03. The maximum Gasteiger partial charge on any atom is 0.331 e. The zero-order valence-electron chi connectivity index (χ0n) is 9.32. The highest BCUT2D eigenvalue weighted by Crippen LogP contribution is 2.21. The van der Waals surface area contributed by atoms with Gasteiger partial charge in [0.05, 0.1) is 5.92 Å². The van der Waals surface area contributed by atoms with Gasteiger partial charge in [-0.25, -0.2) is 4.79 Å². The van der Waals surface area contributed by atoms with Crippen LogP contribution >= 0.6 is 0 Å². The molecule has 0 aromatic carbocycles. The first-order valence-electron chi connectivity index (χ1n) is 5.76. The lowest BCUT2D eigenvalue weighted by Crippen LogP contribution is -2.14. The van der Waals surface area contributed by atoms with Crippen LogP contribution < -0.4 is 0 Å². The number of allylic oxidation sites excluding steroid dienone is 1. The minimum atomic E-state index is -0.868. The second kappa shape index (κ2) is 6.30. The molecule has 4 heteroatoms. The van der Waals surface area contributed by atoms with Crippen LogP contribution in [0.15, 0.2) is 11.6 Å². The lowest BCUT2D eigenvalue weighted by atomic mass is 9.93. The van der Waals surface area contributed by atoms with Crippen LogP contribution in [0.25, 0.3) is 0 Å². The van der Waals surface area contributed by atoms with Gasteiger partial charge in [0.2, 0.25) is 0 Å². The van der Waals surface area contributed by atoms with E-state index in [1.54, 1.807) is 6.08 Å². The van der Waals surface area contributed by atoms with E-state index in [2.05, 4.69) is 0 Å². The molecule has 1 atom stereocenters. The van der Waals surface area contributed by atoms with Gasteiger partial charge in [0.1, 0.15) is 0 Å². The summed E-state index contributed by atoms with van der Waals surface area (Å²) in [5.74, 6) is -1.94. The SMILES string of the molecule is O=C(O)C1=CCCC(C(=O)O)CCCCC1. The number of rotatable bonds is 2. The summed E-state index contributed by atoms with van der Waals surface area (Å²) in [6.45, 7) is 0. The number of hydrogen-bond acceptors (Lipinski definition) is 2. The Morgan fingerprint density at radius 2 is 1.88 bits per heavy atom. The first-order chi connectivity index (χ1) is 7.61. The molecule has 0 amide bonds. The van der Waals surface area contributed by atoms with E-state index in [4.69, 9.17) is 10.2 Å². The molecule has 0 aliphatic heterocycles. The van der Waals surface area contributed by atoms with Crippen molar-refractivity contribution >= 4 is 11.9 Å². The van der Waals surface area contributed by atoms with Crippen LogP contribution in [-0.2, 0) is 9.59 Å². The van der Waals surface area contributed by atoms with Crippen LogP contribution in [0.5, 0.6) is 0 Å². The van der Waals surface area contributed by atoms with E-state index in [-0.39, 0.29) is 5.92 Å². The molecule has 4 nitrogen and oxygen atoms in total. The summed E-state index contributed by atoms with van der Waals surface area (Å²) in [4.78, 5) is 21.7. The predicted octanol–water partition coefficient (Wildman–Crippen LogP) is 2.44. The standard InChI is InChI=1S/C12H18O4/c13-11(14)9-5-2-1-3-6-10(12(15)16)8-4-7-9/h7,10H,1-6,8H2,(H,13,14)(H,15,16). The van der Waals surface area contributed by atoms with Crippen LogP contribution in [0.3, 0.4) is 0 Å². The van der Waals surface area contributed by atoms with Gasteiger partial charge in [0, 0.05) is 5.57 Å². The fourth-order valence-electron chi connectivity index (χ4n) is 2.03. The maximum atomic E-state index is 10.9. The Hall–Kier alpha value is -1.32. The van der Waals surface area contributed by atoms with Crippen molar-refractivity contribution in [3.05, 3.63) is 11.6 Å². The van der Waals surface area contributed by atoms with Crippen LogP contribution in [-0.4, -0.2) is 22.2 Å². The zero-order valence-corrected chi connectivity index (χ0v) is 9.32. The number of hydrogen-bond donors (Lipinski definition) is 2. The minimum Gasteiger partial charge on any atom is -0.481 e. The molecular formula is C12H18O4. The van der Waals surface area contributed by atoms with Gasteiger partial charge >= 0.3 is 11.9 Å². The van der Waals surface area contributed by atoms with E-state index in [0.29, 0.717) is 31.3 Å². The van der Waals surface area contributed by atoms with E-state index in [1.807, 2.05) is 0 Å². The van der Waals surface area contributed by atoms with E-state index >= 15 is 0 Å². The molecule has 1 rings (SSSR count). The summed E-state index contributed by atoms with van der Waals surface area (Å²) in [7, 11) is 0. The Labute approximate surface area is 95.0 Å². The quantitative estimate of drug-likeness (QED) is 0.758. The maximum absolute atomic E-state index is 10.9. The highest BCUT2D eigenvalue weighted by molar-refractivity contribution is 5.86. The monoisotopic (exact) mass is 226 g/mol. The molecule has 90 valence electrons. The van der Waals surface area contributed by atoms with Crippen molar-refractivity contribution in [3.8, 4) is 0 Å². The molecule has 0 fully saturated rings. The topological polar surface area (TPSA) is 74.6 Å². The molecule has 16 heavy (non-hydrogen) atoms. The van der Waals surface area contributed by atoms with Crippen LogP contribution in [0, 0.1) is 5.92 Å². The van der Waals surface area contributed by atoms with Crippen molar-refractivity contribution in [2.45, 2.75) is 44.9 Å². The Morgan fingerprint density at radius 3 is 2.50 bits per heavy atom. The molecule has 1 aliphatic rings. The summed E-state index contributed by atoms with van der Waals surface area (Å²) in [5.41, 5.74) is 0.436. The molecule has 0 saturated heterocycles. The highest BCUT2D eigenvalue weighted by Gasteiger charge is 2.17. The summed E-state index contributed by atoms with van der Waals surface area (Å²) < 4.78 is 0.